The first-order valence-corrected chi connectivity index (χ1v) is 6.53. The highest BCUT2D eigenvalue weighted by Gasteiger charge is 2.15. The van der Waals surface area contributed by atoms with Gasteiger partial charge in [-0.05, 0) is 43.9 Å². The lowest BCUT2D eigenvalue weighted by molar-refractivity contribution is 0.0502. The predicted octanol–water partition coefficient (Wildman–Crippen LogP) is 2.21. The van der Waals surface area contributed by atoms with Crippen LogP contribution in [0.4, 0.5) is 0 Å². The summed E-state index contributed by atoms with van der Waals surface area (Å²) in [5.74, 6) is 4.49. The van der Waals surface area contributed by atoms with Crippen LogP contribution in [0.3, 0.4) is 0 Å². The Morgan fingerprint density at radius 1 is 1.37 bits per heavy atom. The Morgan fingerprint density at radius 3 is 2.84 bits per heavy atom. The Morgan fingerprint density at radius 2 is 2.16 bits per heavy atom. The highest BCUT2D eigenvalue weighted by molar-refractivity contribution is 5.90. The number of carbonyl (C=O) groups is 1. The van der Waals surface area contributed by atoms with Gasteiger partial charge in [-0.2, -0.15) is 5.90 Å². The second kappa shape index (κ2) is 8.15. The molecule has 0 aromatic heterocycles. The lowest BCUT2D eigenvalue weighted by atomic mass is 9.96. The quantitative estimate of drug-likeness (QED) is 0.832. The molecule has 0 radical (unpaired) electrons. The molecule has 5 heteroatoms. The number of piperidine rings is 1. The highest BCUT2D eigenvalue weighted by atomic mass is 35.5. The van der Waals surface area contributed by atoms with Crippen molar-refractivity contribution >= 4 is 18.4 Å². The van der Waals surface area contributed by atoms with E-state index in [1.807, 2.05) is 18.2 Å². The van der Waals surface area contributed by atoms with Crippen LogP contribution in [0.5, 0.6) is 0 Å². The van der Waals surface area contributed by atoms with E-state index in [1.54, 1.807) is 6.07 Å². The van der Waals surface area contributed by atoms with Gasteiger partial charge in [-0.15, -0.1) is 12.4 Å². The van der Waals surface area contributed by atoms with Crippen LogP contribution in [-0.4, -0.2) is 18.6 Å². The van der Waals surface area contributed by atoms with Gasteiger partial charge in [0.15, 0.2) is 0 Å². The topological polar surface area (TPSA) is 64.3 Å². The van der Waals surface area contributed by atoms with Crippen molar-refractivity contribution in [1.29, 1.82) is 0 Å². The lowest BCUT2D eigenvalue weighted by Gasteiger charge is -2.23. The molecule has 1 aliphatic heterocycles. The minimum Gasteiger partial charge on any atom is -0.370 e. The maximum Gasteiger partial charge on any atom is 0.356 e. The molecule has 1 fully saturated rings. The first kappa shape index (κ1) is 16.0. The van der Waals surface area contributed by atoms with Crippen molar-refractivity contribution in [2.75, 3.05) is 6.54 Å². The third-order valence-corrected chi connectivity index (χ3v) is 3.52. The van der Waals surface area contributed by atoms with Gasteiger partial charge >= 0.3 is 5.97 Å². The van der Waals surface area contributed by atoms with E-state index in [4.69, 9.17) is 5.90 Å². The van der Waals surface area contributed by atoms with Crippen LogP contribution in [0.25, 0.3) is 0 Å². The fourth-order valence-corrected chi connectivity index (χ4v) is 2.50. The van der Waals surface area contributed by atoms with Gasteiger partial charge in [-0.3, -0.25) is 0 Å². The Bertz CT molecular complexity index is 406. The maximum absolute atomic E-state index is 11.5. The summed E-state index contributed by atoms with van der Waals surface area (Å²) in [6.45, 7) is 1.11. The summed E-state index contributed by atoms with van der Waals surface area (Å²) in [7, 11) is 0. The minimum atomic E-state index is -0.456. The molecule has 1 unspecified atom stereocenters. The third-order valence-electron chi connectivity index (χ3n) is 3.52. The molecule has 1 aromatic carbocycles. The normalized spacial score (nSPS) is 18.5. The first-order valence-electron chi connectivity index (χ1n) is 6.53. The lowest BCUT2D eigenvalue weighted by Crippen LogP contribution is -2.34. The predicted molar refractivity (Wildman–Crippen MR) is 77.3 cm³/mol. The largest absolute Gasteiger partial charge is 0.370 e. The Labute approximate surface area is 120 Å². The SMILES string of the molecule is Cl.NOC(=O)c1ccccc1CCC1CCCCN1. The molecule has 1 aliphatic rings. The number of hydrogen-bond donors (Lipinski definition) is 2. The fraction of sp³-hybridized carbons (Fsp3) is 0.500. The average Bonchev–Trinajstić information content (AvgIpc) is 2.45. The summed E-state index contributed by atoms with van der Waals surface area (Å²) in [5, 5.41) is 3.51. The molecule has 0 saturated carbocycles. The van der Waals surface area contributed by atoms with E-state index in [0.29, 0.717) is 11.6 Å². The number of rotatable bonds is 4. The number of halogens is 1. The van der Waals surface area contributed by atoms with Crippen molar-refractivity contribution in [2.24, 2.45) is 5.90 Å². The second-order valence-electron chi connectivity index (χ2n) is 4.75. The van der Waals surface area contributed by atoms with Crippen LogP contribution in [0.1, 0.15) is 41.6 Å². The third kappa shape index (κ3) is 4.49. The van der Waals surface area contributed by atoms with E-state index in [9.17, 15) is 4.79 Å². The van der Waals surface area contributed by atoms with Crippen LogP contribution in [0, 0.1) is 0 Å². The molecule has 1 heterocycles. The first-order chi connectivity index (χ1) is 8.81. The molecule has 1 saturated heterocycles. The van der Waals surface area contributed by atoms with Gasteiger partial charge in [0, 0.05) is 6.04 Å². The second-order valence-corrected chi connectivity index (χ2v) is 4.75. The molecule has 0 bridgehead atoms. The van der Waals surface area contributed by atoms with Crippen molar-refractivity contribution in [3.63, 3.8) is 0 Å². The fourth-order valence-electron chi connectivity index (χ4n) is 2.50. The van der Waals surface area contributed by atoms with Crippen molar-refractivity contribution in [1.82, 2.24) is 5.32 Å². The summed E-state index contributed by atoms with van der Waals surface area (Å²) in [5.41, 5.74) is 1.59. The summed E-state index contributed by atoms with van der Waals surface area (Å²) in [4.78, 5) is 15.8. The molecule has 3 N–H and O–H groups in total. The summed E-state index contributed by atoms with van der Waals surface area (Å²) >= 11 is 0. The van der Waals surface area contributed by atoms with Crippen LogP contribution >= 0.6 is 12.4 Å². The number of aryl methyl sites for hydroxylation is 1. The molecule has 19 heavy (non-hydrogen) atoms. The van der Waals surface area contributed by atoms with Gasteiger partial charge in [-0.25, -0.2) is 4.79 Å². The molecule has 0 aliphatic carbocycles. The Balaban J connectivity index is 0.00000180. The minimum absolute atomic E-state index is 0. The summed E-state index contributed by atoms with van der Waals surface area (Å²) in [6, 6.07) is 8.07. The monoisotopic (exact) mass is 284 g/mol. The van der Waals surface area contributed by atoms with Crippen molar-refractivity contribution in [3.8, 4) is 0 Å². The molecular formula is C14H21ClN2O2. The van der Waals surface area contributed by atoms with E-state index < -0.39 is 5.97 Å². The van der Waals surface area contributed by atoms with Gasteiger partial charge in [0.25, 0.3) is 0 Å². The molecular weight excluding hydrogens is 264 g/mol. The van der Waals surface area contributed by atoms with Crippen LogP contribution in [0.15, 0.2) is 24.3 Å². The molecule has 2 rings (SSSR count). The van der Waals surface area contributed by atoms with Crippen molar-refractivity contribution in [2.45, 2.75) is 38.1 Å². The van der Waals surface area contributed by atoms with E-state index in [0.717, 1.165) is 24.9 Å². The maximum atomic E-state index is 11.5. The zero-order valence-electron chi connectivity index (χ0n) is 10.9. The highest BCUT2D eigenvalue weighted by Crippen LogP contribution is 2.16. The number of benzene rings is 1. The number of carbonyl (C=O) groups excluding carboxylic acids is 1. The van der Waals surface area contributed by atoms with Crippen LogP contribution in [-0.2, 0) is 11.3 Å². The zero-order valence-corrected chi connectivity index (χ0v) is 11.7. The molecule has 1 atom stereocenters. The van der Waals surface area contributed by atoms with Gasteiger partial charge in [0.2, 0.25) is 0 Å². The van der Waals surface area contributed by atoms with E-state index in [2.05, 4.69) is 10.2 Å². The van der Waals surface area contributed by atoms with E-state index >= 15 is 0 Å². The van der Waals surface area contributed by atoms with Gasteiger partial charge in [-0.1, -0.05) is 24.6 Å². The molecule has 1 aromatic rings. The van der Waals surface area contributed by atoms with E-state index in [-0.39, 0.29) is 12.4 Å². The van der Waals surface area contributed by atoms with Gasteiger partial charge in [0.1, 0.15) is 0 Å². The Kier molecular flexibility index (Phi) is 6.84. The van der Waals surface area contributed by atoms with Crippen molar-refractivity contribution < 1.29 is 9.63 Å². The standard InChI is InChI=1S/C14H20N2O2.ClH/c15-18-14(17)13-7-2-1-5-11(13)8-9-12-6-3-4-10-16-12;/h1-2,5,7,12,16H,3-4,6,8-10,15H2;1H. The molecule has 0 spiro atoms. The molecule has 0 amide bonds. The van der Waals surface area contributed by atoms with Crippen LogP contribution in [0.2, 0.25) is 0 Å². The van der Waals surface area contributed by atoms with E-state index in [1.165, 1.54) is 19.3 Å². The van der Waals surface area contributed by atoms with Gasteiger partial charge < -0.3 is 10.2 Å². The smallest absolute Gasteiger partial charge is 0.356 e. The number of hydrogen-bond acceptors (Lipinski definition) is 4. The summed E-state index contributed by atoms with van der Waals surface area (Å²) < 4.78 is 0. The number of nitrogens with one attached hydrogen (secondary N) is 1. The van der Waals surface area contributed by atoms with Gasteiger partial charge in [0.05, 0.1) is 5.56 Å². The number of nitrogens with two attached hydrogens (primary N) is 1. The average molecular weight is 285 g/mol. The molecule has 4 nitrogen and oxygen atoms in total. The zero-order chi connectivity index (χ0) is 12.8. The molecule has 106 valence electrons. The van der Waals surface area contributed by atoms with Crippen molar-refractivity contribution in [3.05, 3.63) is 35.4 Å². The van der Waals surface area contributed by atoms with Crippen LogP contribution < -0.4 is 11.2 Å². The summed E-state index contributed by atoms with van der Waals surface area (Å²) in [6.07, 6.45) is 5.72. The Hall–Kier alpha value is -1.10.